The van der Waals surface area contributed by atoms with Crippen molar-refractivity contribution < 1.29 is 19.1 Å². The van der Waals surface area contributed by atoms with Crippen LogP contribution in [0.15, 0.2) is 11.8 Å². The predicted molar refractivity (Wildman–Crippen MR) is 55.1 cm³/mol. The Hall–Kier alpha value is -1.52. The highest BCUT2D eigenvalue weighted by Gasteiger charge is 2.16. The zero-order valence-corrected chi connectivity index (χ0v) is 9.71. The quantitative estimate of drug-likeness (QED) is 0.561. The van der Waals surface area contributed by atoms with E-state index in [-0.39, 0.29) is 0 Å². The topological polar surface area (TPSA) is 64.6 Å². The minimum atomic E-state index is -0.597. The fourth-order valence-corrected chi connectivity index (χ4v) is 0.736. The minimum absolute atomic E-state index is 0.371. The summed E-state index contributed by atoms with van der Waals surface area (Å²) < 4.78 is 9.38. The highest BCUT2D eigenvalue weighted by atomic mass is 16.6. The lowest BCUT2D eigenvalue weighted by molar-refractivity contribution is -0.134. The number of esters is 1. The van der Waals surface area contributed by atoms with Crippen LogP contribution in [-0.2, 0) is 14.3 Å². The molecular formula is C10H17NO4. The smallest absolute Gasteiger partial charge is 0.411 e. The zero-order valence-electron chi connectivity index (χ0n) is 9.71. The lowest BCUT2D eigenvalue weighted by Gasteiger charge is -2.19. The van der Waals surface area contributed by atoms with Crippen molar-refractivity contribution in [3.63, 3.8) is 0 Å². The zero-order chi connectivity index (χ0) is 12.1. The third-order valence-corrected chi connectivity index (χ3v) is 1.23. The Morgan fingerprint density at radius 1 is 1.27 bits per heavy atom. The van der Waals surface area contributed by atoms with E-state index in [9.17, 15) is 9.59 Å². The average Bonchev–Trinajstić information content (AvgIpc) is 1.99. The first-order valence-corrected chi connectivity index (χ1v) is 4.51. The van der Waals surface area contributed by atoms with Crippen molar-refractivity contribution in [2.75, 3.05) is 7.11 Å². The van der Waals surface area contributed by atoms with Crippen molar-refractivity contribution >= 4 is 12.1 Å². The maximum absolute atomic E-state index is 11.2. The largest absolute Gasteiger partial charge is 0.466 e. The van der Waals surface area contributed by atoms with Crippen LogP contribution in [0.3, 0.4) is 0 Å². The molecule has 0 saturated carbocycles. The van der Waals surface area contributed by atoms with E-state index in [1.165, 1.54) is 13.2 Å². The summed E-state index contributed by atoms with van der Waals surface area (Å²) in [5, 5.41) is 2.40. The molecule has 0 aliphatic heterocycles. The van der Waals surface area contributed by atoms with Crippen molar-refractivity contribution in [2.45, 2.75) is 33.3 Å². The molecule has 0 aliphatic rings. The first kappa shape index (κ1) is 13.5. The van der Waals surface area contributed by atoms with Crippen molar-refractivity contribution in [1.29, 1.82) is 0 Å². The number of ether oxygens (including phenoxy) is 2. The molecule has 1 amide bonds. The van der Waals surface area contributed by atoms with Gasteiger partial charge in [0.25, 0.3) is 0 Å². The van der Waals surface area contributed by atoms with Gasteiger partial charge < -0.3 is 9.47 Å². The number of amides is 1. The summed E-state index contributed by atoms with van der Waals surface area (Å²) in [6.45, 7) is 6.84. The molecule has 5 heteroatoms. The summed E-state index contributed by atoms with van der Waals surface area (Å²) >= 11 is 0. The van der Waals surface area contributed by atoms with Crippen LogP contribution in [0.4, 0.5) is 4.79 Å². The molecule has 0 bridgehead atoms. The van der Waals surface area contributed by atoms with Crippen LogP contribution in [-0.4, -0.2) is 24.8 Å². The van der Waals surface area contributed by atoms with Crippen LogP contribution in [0, 0.1) is 0 Å². The molecule has 0 aromatic carbocycles. The van der Waals surface area contributed by atoms with Gasteiger partial charge >= 0.3 is 12.1 Å². The number of hydrogen-bond donors (Lipinski definition) is 1. The lowest BCUT2D eigenvalue weighted by atomic mass is 10.2. The summed E-state index contributed by atoms with van der Waals surface area (Å²) in [7, 11) is 1.26. The van der Waals surface area contributed by atoms with E-state index in [1.54, 1.807) is 27.7 Å². The van der Waals surface area contributed by atoms with Crippen LogP contribution in [0.25, 0.3) is 0 Å². The fourth-order valence-electron chi connectivity index (χ4n) is 0.736. The van der Waals surface area contributed by atoms with Crippen molar-refractivity contribution in [3.05, 3.63) is 11.8 Å². The number of hydrogen-bond acceptors (Lipinski definition) is 4. The molecule has 86 valence electrons. The highest BCUT2D eigenvalue weighted by molar-refractivity contribution is 5.83. The molecule has 0 aromatic rings. The second-order valence-electron chi connectivity index (χ2n) is 3.98. The first-order chi connectivity index (χ1) is 6.74. The van der Waals surface area contributed by atoms with Gasteiger partial charge in [0.1, 0.15) is 5.60 Å². The summed E-state index contributed by atoms with van der Waals surface area (Å²) in [5.41, 5.74) is -0.189. The Morgan fingerprint density at radius 2 is 1.80 bits per heavy atom. The maximum atomic E-state index is 11.2. The Labute approximate surface area is 89.4 Å². The molecule has 0 aromatic heterocycles. The van der Waals surface area contributed by atoms with Crippen LogP contribution in [0.2, 0.25) is 0 Å². The van der Waals surface area contributed by atoms with Crippen LogP contribution in [0.1, 0.15) is 27.7 Å². The number of rotatable bonds is 2. The molecule has 0 radical (unpaired) electrons. The summed E-state index contributed by atoms with van der Waals surface area (Å²) in [5.74, 6) is -0.524. The van der Waals surface area contributed by atoms with Crippen LogP contribution in [0.5, 0.6) is 0 Å². The van der Waals surface area contributed by atoms with E-state index in [4.69, 9.17) is 4.74 Å². The standard InChI is InChI=1S/C10H17NO4/c1-7(6-8(12)14-5)11-9(13)15-10(2,3)4/h6H,1-5H3,(H,11,13)/b7-6+. The number of allylic oxidation sites excluding steroid dienone is 1. The lowest BCUT2D eigenvalue weighted by Crippen LogP contribution is -2.31. The maximum Gasteiger partial charge on any atom is 0.411 e. The van der Waals surface area contributed by atoms with E-state index in [0.717, 1.165) is 0 Å². The number of carbonyl (C=O) groups excluding carboxylic acids is 2. The second-order valence-corrected chi connectivity index (χ2v) is 3.98. The van der Waals surface area contributed by atoms with Crippen LogP contribution >= 0.6 is 0 Å². The highest BCUT2D eigenvalue weighted by Crippen LogP contribution is 2.06. The van der Waals surface area contributed by atoms with E-state index in [2.05, 4.69) is 10.1 Å². The molecule has 5 nitrogen and oxygen atoms in total. The van der Waals surface area contributed by atoms with Gasteiger partial charge in [-0.2, -0.15) is 0 Å². The fraction of sp³-hybridized carbons (Fsp3) is 0.600. The number of alkyl carbamates (subject to hydrolysis) is 1. The van der Waals surface area contributed by atoms with Crippen molar-refractivity contribution in [1.82, 2.24) is 5.32 Å². The average molecular weight is 215 g/mol. The SMILES string of the molecule is COC(=O)/C=C(\C)NC(=O)OC(C)(C)C. The molecule has 1 N–H and O–H groups in total. The Balaban J connectivity index is 4.19. The van der Waals surface area contributed by atoms with Crippen molar-refractivity contribution in [3.8, 4) is 0 Å². The van der Waals surface area contributed by atoms with Gasteiger partial charge in [-0.15, -0.1) is 0 Å². The van der Waals surface area contributed by atoms with E-state index >= 15 is 0 Å². The van der Waals surface area contributed by atoms with Gasteiger partial charge in [-0.3, -0.25) is 5.32 Å². The molecule has 0 unspecified atom stereocenters. The number of methoxy groups -OCH3 is 1. The van der Waals surface area contributed by atoms with Gasteiger partial charge in [-0.25, -0.2) is 9.59 Å². The monoisotopic (exact) mass is 215 g/mol. The molecule has 0 fully saturated rings. The predicted octanol–water partition coefficient (Wildman–Crippen LogP) is 1.59. The van der Waals surface area contributed by atoms with Gasteiger partial charge in [0.15, 0.2) is 0 Å². The summed E-state index contributed by atoms with van der Waals surface area (Å²) in [6, 6.07) is 0. The van der Waals surface area contributed by atoms with E-state index in [1.807, 2.05) is 0 Å². The molecular weight excluding hydrogens is 198 g/mol. The summed E-state index contributed by atoms with van der Waals surface area (Å²) in [4.78, 5) is 22.0. The molecule has 0 rings (SSSR count). The Kier molecular flexibility index (Phi) is 4.84. The molecule has 15 heavy (non-hydrogen) atoms. The third-order valence-electron chi connectivity index (χ3n) is 1.23. The summed E-state index contributed by atoms with van der Waals surface area (Å²) in [6.07, 6.45) is 0.573. The van der Waals surface area contributed by atoms with Crippen LogP contribution < -0.4 is 5.32 Å². The van der Waals surface area contributed by atoms with Gasteiger partial charge in [0.2, 0.25) is 0 Å². The van der Waals surface area contributed by atoms with Gasteiger partial charge in [-0.1, -0.05) is 0 Å². The van der Waals surface area contributed by atoms with Gasteiger partial charge in [0.05, 0.1) is 7.11 Å². The molecule has 0 spiro atoms. The molecule has 0 saturated heterocycles. The molecule has 0 aliphatic carbocycles. The molecule has 0 heterocycles. The van der Waals surface area contributed by atoms with Crippen molar-refractivity contribution in [2.24, 2.45) is 0 Å². The molecule has 0 atom stereocenters. The van der Waals surface area contributed by atoms with E-state index < -0.39 is 17.7 Å². The third kappa shape index (κ3) is 7.54. The first-order valence-electron chi connectivity index (χ1n) is 4.51. The van der Waals surface area contributed by atoms with E-state index in [0.29, 0.717) is 5.70 Å². The second kappa shape index (κ2) is 5.38. The number of carbonyl (C=O) groups is 2. The number of nitrogens with one attached hydrogen (secondary N) is 1. The van der Waals surface area contributed by atoms with Gasteiger partial charge in [0, 0.05) is 11.8 Å². The van der Waals surface area contributed by atoms with Gasteiger partial charge in [-0.05, 0) is 27.7 Å². The minimum Gasteiger partial charge on any atom is -0.466 e. The Morgan fingerprint density at radius 3 is 2.20 bits per heavy atom. The Bertz CT molecular complexity index is 276. The normalized spacial score (nSPS) is 11.9.